The zero-order chi connectivity index (χ0) is 10.7. The van der Waals surface area contributed by atoms with Gasteiger partial charge in [0.1, 0.15) is 0 Å². The molecule has 2 aromatic heterocycles. The second-order valence-electron chi connectivity index (χ2n) is 3.69. The Morgan fingerprint density at radius 1 is 1.27 bits per heavy atom. The molecule has 0 fully saturated rings. The number of thiophene rings is 2. The van der Waals surface area contributed by atoms with Gasteiger partial charge in [-0.15, -0.1) is 11.3 Å². The Balaban J connectivity index is 1.83. The topological polar surface area (TPSA) is 12.0 Å². The molecule has 0 unspecified atom stereocenters. The Labute approximate surface area is 98.8 Å². The molecule has 2 heterocycles. The molecule has 0 spiro atoms. The van der Waals surface area contributed by atoms with Crippen LogP contribution in [0.2, 0.25) is 0 Å². The molecule has 0 saturated heterocycles. The van der Waals surface area contributed by atoms with Crippen LogP contribution in [0.3, 0.4) is 0 Å². The molecule has 0 bridgehead atoms. The molecule has 2 rings (SSSR count). The fraction of sp³-hybridized carbons (Fsp3) is 0.333. The Kier molecular flexibility index (Phi) is 3.57. The van der Waals surface area contributed by atoms with Crippen molar-refractivity contribution < 1.29 is 0 Å². The molecule has 0 aliphatic heterocycles. The molecule has 0 saturated carbocycles. The van der Waals surface area contributed by atoms with Crippen molar-refractivity contribution in [3.05, 3.63) is 43.8 Å². The maximum absolute atomic E-state index is 3.46. The SMILES string of the molecule is Cc1cc(CNCc2ccsc2)sc1C. The molecule has 0 atom stereocenters. The van der Waals surface area contributed by atoms with Crippen LogP contribution in [-0.2, 0) is 13.1 Å². The summed E-state index contributed by atoms with van der Waals surface area (Å²) in [4.78, 5) is 2.86. The van der Waals surface area contributed by atoms with E-state index in [1.54, 1.807) is 11.3 Å². The van der Waals surface area contributed by atoms with E-state index >= 15 is 0 Å². The largest absolute Gasteiger partial charge is 0.308 e. The maximum Gasteiger partial charge on any atom is 0.0303 e. The average molecular weight is 237 g/mol. The van der Waals surface area contributed by atoms with Crippen molar-refractivity contribution >= 4 is 22.7 Å². The molecule has 1 nitrogen and oxygen atoms in total. The summed E-state index contributed by atoms with van der Waals surface area (Å²) in [6, 6.07) is 4.45. The van der Waals surface area contributed by atoms with Crippen molar-refractivity contribution in [2.75, 3.05) is 0 Å². The van der Waals surface area contributed by atoms with Gasteiger partial charge < -0.3 is 5.32 Å². The second kappa shape index (κ2) is 4.92. The summed E-state index contributed by atoms with van der Waals surface area (Å²) < 4.78 is 0. The molecule has 3 heteroatoms. The van der Waals surface area contributed by atoms with Crippen LogP contribution in [0, 0.1) is 13.8 Å². The number of hydrogen-bond donors (Lipinski definition) is 1. The smallest absolute Gasteiger partial charge is 0.0303 e. The summed E-state index contributed by atoms with van der Waals surface area (Å²) >= 11 is 3.65. The van der Waals surface area contributed by atoms with Crippen LogP contribution in [-0.4, -0.2) is 0 Å². The van der Waals surface area contributed by atoms with Gasteiger partial charge in [-0.05, 0) is 47.9 Å². The molecule has 1 N–H and O–H groups in total. The summed E-state index contributed by atoms with van der Waals surface area (Å²) in [5.41, 5.74) is 2.79. The van der Waals surface area contributed by atoms with Crippen molar-refractivity contribution in [1.29, 1.82) is 0 Å². The van der Waals surface area contributed by atoms with E-state index in [0.717, 1.165) is 13.1 Å². The van der Waals surface area contributed by atoms with Crippen molar-refractivity contribution in [2.24, 2.45) is 0 Å². The summed E-state index contributed by atoms with van der Waals surface area (Å²) in [7, 11) is 0. The van der Waals surface area contributed by atoms with Crippen LogP contribution in [0.4, 0.5) is 0 Å². The van der Waals surface area contributed by atoms with Gasteiger partial charge in [0.15, 0.2) is 0 Å². The van der Waals surface area contributed by atoms with Crippen molar-refractivity contribution in [2.45, 2.75) is 26.9 Å². The monoisotopic (exact) mass is 237 g/mol. The molecular weight excluding hydrogens is 222 g/mol. The predicted molar refractivity (Wildman–Crippen MR) is 68.7 cm³/mol. The molecule has 15 heavy (non-hydrogen) atoms. The van der Waals surface area contributed by atoms with Crippen LogP contribution in [0.15, 0.2) is 22.9 Å². The molecule has 0 aromatic carbocycles. The van der Waals surface area contributed by atoms with Crippen LogP contribution in [0.25, 0.3) is 0 Å². The highest BCUT2D eigenvalue weighted by atomic mass is 32.1. The van der Waals surface area contributed by atoms with E-state index in [-0.39, 0.29) is 0 Å². The minimum atomic E-state index is 0.972. The zero-order valence-corrected chi connectivity index (χ0v) is 10.7. The van der Waals surface area contributed by atoms with E-state index in [9.17, 15) is 0 Å². The van der Waals surface area contributed by atoms with Crippen LogP contribution in [0.5, 0.6) is 0 Å². The highest BCUT2D eigenvalue weighted by Crippen LogP contribution is 2.20. The van der Waals surface area contributed by atoms with Crippen LogP contribution < -0.4 is 5.32 Å². The third kappa shape index (κ3) is 2.91. The highest BCUT2D eigenvalue weighted by Gasteiger charge is 2.00. The van der Waals surface area contributed by atoms with E-state index < -0.39 is 0 Å². The van der Waals surface area contributed by atoms with Gasteiger partial charge in [-0.25, -0.2) is 0 Å². The molecule has 2 aromatic rings. The first-order valence-electron chi connectivity index (χ1n) is 5.03. The van der Waals surface area contributed by atoms with E-state index in [4.69, 9.17) is 0 Å². The summed E-state index contributed by atoms with van der Waals surface area (Å²) in [5, 5.41) is 7.78. The molecular formula is C12H15NS2. The van der Waals surface area contributed by atoms with Gasteiger partial charge in [-0.1, -0.05) is 0 Å². The molecule has 0 aliphatic carbocycles. The second-order valence-corrected chi connectivity index (χ2v) is 5.81. The van der Waals surface area contributed by atoms with Crippen molar-refractivity contribution in [3.63, 3.8) is 0 Å². The Hall–Kier alpha value is -0.640. The lowest BCUT2D eigenvalue weighted by Gasteiger charge is -2.00. The fourth-order valence-corrected chi connectivity index (χ4v) is 3.15. The van der Waals surface area contributed by atoms with E-state index in [0.29, 0.717) is 0 Å². The summed E-state index contributed by atoms with van der Waals surface area (Å²) in [6.45, 7) is 6.31. The Morgan fingerprint density at radius 3 is 2.73 bits per heavy atom. The first kappa shape index (κ1) is 10.9. The lowest BCUT2D eigenvalue weighted by molar-refractivity contribution is 0.702. The maximum atomic E-state index is 3.46. The standard InChI is InChI=1S/C12H15NS2/c1-9-5-12(15-10(9)2)7-13-6-11-3-4-14-8-11/h3-5,8,13H,6-7H2,1-2H3. The minimum absolute atomic E-state index is 0.972. The minimum Gasteiger partial charge on any atom is -0.308 e. The first-order valence-corrected chi connectivity index (χ1v) is 6.79. The Bertz CT molecular complexity index is 395. The summed E-state index contributed by atoms with van der Waals surface area (Å²) in [5.74, 6) is 0. The lowest BCUT2D eigenvalue weighted by atomic mass is 10.3. The Morgan fingerprint density at radius 2 is 2.13 bits per heavy atom. The zero-order valence-electron chi connectivity index (χ0n) is 9.04. The fourth-order valence-electron chi connectivity index (χ4n) is 1.46. The third-order valence-electron chi connectivity index (χ3n) is 2.43. The van der Waals surface area contributed by atoms with Gasteiger partial charge in [0.2, 0.25) is 0 Å². The average Bonchev–Trinajstić information content (AvgIpc) is 2.79. The molecule has 0 aliphatic rings. The van der Waals surface area contributed by atoms with E-state index in [1.165, 1.54) is 20.9 Å². The first-order chi connectivity index (χ1) is 7.25. The molecule has 0 amide bonds. The van der Waals surface area contributed by atoms with Gasteiger partial charge >= 0.3 is 0 Å². The van der Waals surface area contributed by atoms with E-state index in [1.807, 2.05) is 11.3 Å². The predicted octanol–water partition coefficient (Wildman–Crippen LogP) is 3.72. The van der Waals surface area contributed by atoms with Crippen molar-refractivity contribution in [1.82, 2.24) is 5.32 Å². The van der Waals surface area contributed by atoms with E-state index in [2.05, 4.69) is 42.1 Å². The van der Waals surface area contributed by atoms with Gasteiger partial charge in [0, 0.05) is 22.8 Å². The van der Waals surface area contributed by atoms with Gasteiger partial charge in [0.05, 0.1) is 0 Å². The number of aryl methyl sites for hydroxylation is 2. The van der Waals surface area contributed by atoms with Crippen LogP contribution in [0.1, 0.15) is 20.9 Å². The molecule has 0 radical (unpaired) electrons. The number of rotatable bonds is 4. The normalized spacial score (nSPS) is 10.8. The number of nitrogens with one attached hydrogen (secondary N) is 1. The van der Waals surface area contributed by atoms with Crippen LogP contribution >= 0.6 is 22.7 Å². The lowest BCUT2D eigenvalue weighted by Crippen LogP contribution is -2.10. The van der Waals surface area contributed by atoms with Gasteiger partial charge in [-0.3, -0.25) is 0 Å². The number of hydrogen-bond acceptors (Lipinski definition) is 3. The molecule has 80 valence electrons. The third-order valence-corrected chi connectivity index (χ3v) is 4.31. The quantitative estimate of drug-likeness (QED) is 0.854. The van der Waals surface area contributed by atoms with Gasteiger partial charge in [-0.2, -0.15) is 11.3 Å². The highest BCUT2D eigenvalue weighted by molar-refractivity contribution is 7.12. The summed E-state index contributed by atoms with van der Waals surface area (Å²) in [6.07, 6.45) is 0. The van der Waals surface area contributed by atoms with Gasteiger partial charge in [0.25, 0.3) is 0 Å². The van der Waals surface area contributed by atoms with Crippen molar-refractivity contribution in [3.8, 4) is 0 Å².